The number of fused-ring (bicyclic) bond motifs is 1. The van der Waals surface area contributed by atoms with Crippen LogP contribution in [0, 0.1) is 0 Å². The van der Waals surface area contributed by atoms with Crippen LogP contribution in [0.5, 0.6) is 0 Å². The number of nitrogens with one attached hydrogen (secondary N) is 1. The molecule has 0 saturated carbocycles. The predicted molar refractivity (Wildman–Crippen MR) is 103 cm³/mol. The van der Waals surface area contributed by atoms with Gasteiger partial charge in [0.1, 0.15) is 0 Å². The lowest BCUT2D eigenvalue weighted by Gasteiger charge is -2.27. The van der Waals surface area contributed by atoms with Gasteiger partial charge in [0.05, 0.1) is 0 Å². The summed E-state index contributed by atoms with van der Waals surface area (Å²) in [6, 6.07) is 24.8. The van der Waals surface area contributed by atoms with E-state index in [0.717, 1.165) is 29.3 Å². The van der Waals surface area contributed by atoms with Gasteiger partial charge in [0.25, 0.3) is 5.91 Å². The summed E-state index contributed by atoms with van der Waals surface area (Å²) in [5, 5.41) is 5.38. The molecule has 1 atom stereocenters. The third-order valence-electron chi connectivity index (χ3n) is 4.97. The van der Waals surface area contributed by atoms with Gasteiger partial charge < -0.3 is 10.2 Å². The van der Waals surface area contributed by atoms with E-state index in [2.05, 4.69) is 40.5 Å². The quantitative estimate of drug-likeness (QED) is 0.776. The molecule has 1 amide bonds. The number of nitrogens with zero attached hydrogens (tertiary/aromatic N) is 1. The zero-order valence-corrected chi connectivity index (χ0v) is 14.2. The van der Waals surface area contributed by atoms with Gasteiger partial charge in [-0.25, -0.2) is 0 Å². The summed E-state index contributed by atoms with van der Waals surface area (Å²) in [5.74, 6) is 0.00525. The van der Waals surface area contributed by atoms with Gasteiger partial charge in [0, 0.05) is 30.4 Å². The summed E-state index contributed by atoms with van der Waals surface area (Å²) in [7, 11) is 0. The molecule has 3 heteroatoms. The maximum Gasteiger partial charge on any atom is 0.251 e. The maximum absolute atomic E-state index is 12.6. The van der Waals surface area contributed by atoms with Crippen LogP contribution in [0.1, 0.15) is 23.2 Å². The molecular formula is C22H22N2O. The maximum atomic E-state index is 12.6. The van der Waals surface area contributed by atoms with Gasteiger partial charge >= 0.3 is 0 Å². The van der Waals surface area contributed by atoms with Crippen molar-refractivity contribution in [3.63, 3.8) is 0 Å². The number of hydrogen-bond donors (Lipinski definition) is 1. The van der Waals surface area contributed by atoms with Crippen LogP contribution in [0.15, 0.2) is 72.8 Å². The molecule has 1 fully saturated rings. The first-order chi connectivity index (χ1) is 12.3. The van der Waals surface area contributed by atoms with E-state index in [9.17, 15) is 4.79 Å². The van der Waals surface area contributed by atoms with E-state index in [0.29, 0.717) is 12.6 Å². The van der Waals surface area contributed by atoms with E-state index < -0.39 is 0 Å². The van der Waals surface area contributed by atoms with Gasteiger partial charge in [-0.1, -0.05) is 48.5 Å². The molecule has 4 rings (SSSR count). The Morgan fingerprint density at radius 3 is 2.56 bits per heavy atom. The van der Waals surface area contributed by atoms with Gasteiger partial charge in [-0.3, -0.25) is 4.79 Å². The molecule has 1 aliphatic rings. The number of anilines is 1. The van der Waals surface area contributed by atoms with Gasteiger partial charge in [0.15, 0.2) is 0 Å². The summed E-state index contributed by atoms with van der Waals surface area (Å²) in [5.41, 5.74) is 1.97. The molecule has 126 valence electrons. The fourth-order valence-electron chi connectivity index (χ4n) is 3.65. The molecule has 0 radical (unpaired) electrons. The number of para-hydroxylation sites is 1. The van der Waals surface area contributed by atoms with Crippen LogP contribution in [-0.4, -0.2) is 25.0 Å². The largest absolute Gasteiger partial charge is 0.367 e. The number of carbonyl (C=O) groups excluding carboxylic acids is 1. The molecule has 1 aliphatic heterocycles. The number of hydrogen-bond acceptors (Lipinski definition) is 2. The number of amides is 1. The Bertz CT molecular complexity index is 875. The molecule has 25 heavy (non-hydrogen) atoms. The van der Waals surface area contributed by atoms with Crippen molar-refractivity contribution in [2.75, 3.05) is 18.0 Å². The minimum Gasteiger partial charge on any atom is -0.367 e. The Morgan fingerprint density at radius 2 is 1.72 bits per heavy atom. The molecule has 3 nitrogen and oxygen atoms in total. The van der Waals surface area contributed by atoms with Crippen LogP contribution in [-0.2, 0) is 0 Å². The summed E-state index contributed by atoms with van der Waals surface area (Å²) in [4.78, 5) is 15.0. The average Bonchev–Trinajstić information content (AvgIpc) is 3.15. The first kappa shape index (κ1) is 15.7. The van der Waals surface area contributed by atoms with Crippen molar-refractivity contribution in [3.05, 3.63) is 78.4 Å². The first-order valence-electron chi connectivity index (χ1n) is 8.90. The Labute approximate surface area is 148 Å². The second-order valence-corrected chi connectivity index (χ2v) is 6.60. The second kappa shape index (κ2) is 6.98. The van der Waals surface area contributed by atoms with E-state index in [-0.39, 0.29) is 5.91 Å². The van der Waals surface area contributed by atoms with Gasteiger partial charge in [-0.15, -0.1) is 0 Å². The van der Waals surface area contributed by atoms with E-state index >= 15 is 0 Å². The van der Waals surface area contributed by atoms with E-state index in [1.807, 2.05) is 42.5 Å². The smallest absolute Gasteiger partial charge is 0.251 e. The van der Waals surface area contributed by atoms with Crippen LogP contribution in [0.3, 0.4) is 0 Å². The lowest BCUT2D eigenvalue weighted by molar-refractivity contribution is 0.0951. The average molecular weight is 330 g/mol. The Hall–Kier alpha value is -2.81. The minimum atomic E-state index is 0.00525. The summed E-state index contributed by atoms with van der Waals surface area (Å²) in [6.07, 6.45) is 2.29. The van der Waals surface area contributed by atoms with E-state index in [4.69, 9.17) is 0 Å². The van der Waals surface area contributed by atoms with Crippen molar-refractivity contribution >= 4 is 22.4 Å². The molecule has 3 aromatic rings. The molecular weight excluding hydrogens is 308 g/mol. The molecule has 1 saturated heterocycles. The lowest BCUT2D eigenvalue weighted by atomic mass is 10.1. The Morgan fingerprint density at radius 1 is 0.960 bits per heavy atom. The third-order valence-corrected chi connectivity index (χ3v) is 4.97. The molecule has 0 aliphatic carbocycles. The molecule has 1 N–H and O–H groups in total. The van der Waals surface area contributed by atoms with Crippen molar-refractivity contribution in [3.8, 4) is 0 Å². The van der Waals surface area contributed by atoms with Crippen molar-refractivity contribution in [1.82, 2.24) is 5.32 Å². The normalized spacial score (nSPS) is 17.0. The zero-order valence-electron chi connectivity index (χ0n) is 14.2. The highest BCUT2D eigenvalue weighted by Gasteiger charge is 2.25. The molecule has 0 aromatic heterocycles. The second-order valence-electron chi connectivity index (χ2n) is 6.60. The van der Waals surface area contributed by atoms with Crippen molar-refractivity contribution in [2.45, 2.75) is 18.9 Å². The fourth-order valence-corrected chi connectivity index (χ4v) is 3.65. The summed E-state index contributed by atoms with van der Waals surface area (Å²) in [6.45, 7) is 1.74. The highest BCUT2D eigenvalue weighted by Crippen LogP contribution is 2.24. The van der Waals surface area contributed by atoms with Crippen LogP contribution in [0.2, 0.25) is 0 Å². The summed E-state index contributed by atoms with van der Waals surface area (Å²) >= 11 is 0. The third kappa shape index (κ3) is 3.36. The van der Waals surface area contributed by atoms with Gasteiger partial charge in [-0.05, 0) is 47.9 Å². The highest BCUT2D eigenvalue weighted by atomic mass is 16.1. The lowest BCUT2D eigenvalue weighted by Crippen LogP contribution is -2.40. The molecule has 1 unspecified atom stereocenters. The number of benzene rings is 3. The van der Waals surface area contributed by atoms with Crippen LogP contribution in [0.25, 0.3) is 10.8 Å². The molecule has 0 bridgehead atoms. The van der Waals surface area contributed by atoms with Gasteiger partial charge in [0.2, 0.25) is 0 Å². The molecule has 0 spiro atoms. The standard InChI is InChI=1S/C22H22N2O/c25-22(19-13-12-17-7-4-5-8-18(17)15-19)23-16-21-11-6-14-24(21)20-9-2-1-3-10-20/h1-5,7-10,12-13,15,21H,6,11,14,16H2,(H,23,25). The van der Waals surface area contributed by atoms with Crippen molar-refractivity contribution in [2.24, 2.45) is 0 Å². The van der Waals surface area contributed by atoms with Crippen LogP contribution in [0.4, 0.5) is 5.69 Å². The Kier molecular flexibility index (Phi) is 4.38. The van der Waals surface area contributed by atoms with Crippen LogP contribution < -0.4 is 10.2 Å². The SMILES string of the molecule is O=C(NCC1CCCN1c1ccccc1)c1ccc2ccccc2c1. The molecule has 1 heterocycles. The van der Waals surface area contributed by atoms with Crippen LogP contribution >= 0.6 is 0 Å². The topological polar surface area (TPSA) is 32.3 Å². The van der Waals surface area contributed by atoms with E-state index in [1.165, 1.54) is 12.1 Å². The zero-order chi connectivity index (χ0) is 17.1. The monoisotopic (exact) mass is 330 g/mol. The highest BCUT2D eigenvalue weighted by molar-refractivity contribution is 5.98. The number of carbonyl (C=O) groups is 1. The van der Waals surface area contributed by atoms with Crippen molar-refractivity contribution in [1.29, 1.82) is 0 Å². The number of rotatable bonds is 4. The Balaban J connectivity index is 1.44. The molecule has 3 aromatic carbocycles. The van der Waals surface area contributed by atoms with E-state index in [1.54, 1.807) is 0 Å². The van der Waals surface area contributed by atoms with Crippen molar-refractivity contribution < 1.29 is 4.79 Å². The van der Waals surface area contributed by atoms with Gasteiger partial charge in [-0.2, -0.15) is 0 Å². The minimum absolute atomic E-state index is 0.00525. The fraction of sp³-hybridized carbons (Fsp3) is 0.227. The summed E-state index contributed by atoms with van der Waals surface area (Å²) < 4.78 is 0. The first-order valence-corrected chi connectivity index (χ1v) is 8.90. The predicted octanol–water partition coefficient (Wildman–Crippen LogP) is 4.24.